The number of nitrogens with zero attached hydrogens (tertiary/aromatic N) is 1. The summed E-state index contributed by atoms with van der Waals surface area (Å²) in [5, 5.41) is 2.01. The molecule has 1 atom stereocenters. The standard InChI is InChI=1S/C18H21NO3S/c1-21-16-8-7-13(11-17(16)22-2)15-6-3-9-19(15)18(20)12-14-5-4-10-23-14/h4-5,7-8,10-11,15H,3,6,9,12H2,1-2H3/t15-/m1/s1. The first-order valence-corrected chi connectivity index (χ1v) is 8.64. The fraction of sp³-hybridized carbons (Fsp3) is 0.389. The molecule has 1 fully saturated rings. The van der Waals surface area contributed by atoms with Gasteiger partial charge in [0.2, 0.25) is 5.91 Å². The maximum atomic E-state index is 12.7. The van der Waals surface area contributed by atoms with E-state index in [4.69, 9.17) is 9.47 Å². The van der Waals surface area contributed by atoms with Gasteiger partial charge in [-0.1, -0.05) is 12.1 Å². The molecule has 2 heterocycles. The van der Waals surface area contributed by atoms with E-state index in [1.807, 2.05) is 40.6 Å². The number of amides is 1. The zero-order chi connectivity index (χ0) is 16.2. The molecule has 0 N–H and O–H groups in total. The van der Waals surface area contributed by atoms with E-state index >= 15 is 0 Å². The van der Waals surface area contributed by atoms with Crippen molar-refractivity contribution in [3.63, 3.8) is 0 Å². The van der Waals surface area contributed by atoms with Gasteiger partial charge < -0.3 is 14.4 Å². The third kappa shape index (κ3) is 3.34. The Morgan fingerprint density at radius 3 is 2.78 bits per heavy atom. The number of methoxy groups -OCH3 is 2. The number of thiophene rings is 1. The molecular formula is C18H21NO3S. The molecule has 0 radical (unpaired) electrons. The van der Waals surface area contributed by atoms with E-state index in [0.717, 1.165) is 29.8 Å². The molecule has 23 heavy (non-hydrogen) atoms. The van der Waals surface area contributed by atoms with Gasteiger partial charge in [0.05, 0.1) is 26.7 Å². The van der Waals surface area contributed by atoms with Gasteiger partial charge in [-0.2, -0.15) is 0 Å². The molecular weight excluding hydrogens is 310 g/mol. The van der Waals surface area contributed by atoms with Crippen molar-refractivity contribution in [3.05, 3.63) is 46.2 Å². The third-order valence-corrected chi connectivity index (χ3v) is 5.15. The SMILES string of the molecule is COc1ccc([C@H]2CCCN2C(=O)Cc2cccs2)cc1OC. The normalized spacial score (nSPS) is 17.3. The van der Waals surface area contributed by atoms with Gasteiger partial charge in [-0.3, -0.25) is 4.79 Å². The van der Waals surface area contributed by atoms with Crippen LogP contribution in [0.3, 0.4) is 0 Å². The lowest BCUT2D eigenvalue weighted by Crippen LogP contribution is -2.31. The summed E-state index contributed by atoms with van der Waals surface area (Å²) in [5.41, 5.74) is 1.11. The first-order valence-electron chi connectivity index (χ1n) is 7.76. The highest BCUT2D eigenvalue weighted by atomic mass is 32.1. The predicted octanol–water partition coefficient (Wildman–Crippen LogP) is 3.67. The molecule has 1 aliphatic rings. The summed E-state index contributed by atoms with van der Waals surface area (Å²) >= 11 is 1.63. The molecule has 0 bridgehead atoms. The summed E-state index contributed by atoms with van der Waals surface area (Å²) in [6.07, 6.45) is 2.52. The number of ether oxygens (including phenoxy) is 2. The number of likely N-dealkylation sites (tertiary alicyclic amines) is 1. The average molecular weight is 331 g/mol. The lowest BCUT2D eigenvalue weighted by atomic mass is 10.0. The highest BCUT2D eigenvalue weighted by Gasteiger charge is 2.30. The lowest BCUT2D eigenvalue weighted by Gasteiger charge is -2.25. The molecule has 1 aromatic carbocycles. The van der Waals surface area contributed by atoms with Crippen molar-refractivity contribution in [3.8, 4) is 11.5 Å². The van der Waals surface area contributed by atoms with Crippen LogP contribution in [0.4, 0.5) is 0 Å². The molecule has 0 unspecified atom stereocenters. The number of hydrogen-bond donors (Lipinski definition) is 0. The molecule has 1 aliphatic heterocycles. The Morgan fingerprint density at radius 1 is 1.26 bits per heavy atom. The van der Waals surface area contributed by atoms with Crippen LogP contribution in [0.2, 0.25) is 0 Å². The quantitative estimate of drug-likeness (QED) is 0.839. The van der Waals surface area contributed by atoms with E-state index in [0.29, 0.717) is 17.9 Å². The molecule has 0 spiro atoms. The van der Waals surface area contributed by atoms with Crippen LogP contribution in [0.5, 0.6) is 11.5 Å². The van der Waals surface area contributed by atoms with Gasteiger partial charge in [-0.05, 0) is 42.0 Å². The molecule has 5 heteroatoms. The number of carbonyl (C=O) groups excluding carboxylic acids is 1. The monoisotopic (exact) mass is 331 g/mol. The average Bonchev–Trinajstić information content (AvgIpc) is 3.25. The second-order valence-corrected chi connectivity index (χ2v) is 6.65. The largest absolute Gasteiger partial charge is 0.493 e. The van der Waals surface area contributed by atoms with Crippen molar-refractivity contribution in [1.82, 2.24) is 4.90 Å². The first-order chi connectivity index (χ1) is 11.2. The summed E-state index contributed by atoms with van der Waals surface area (Å²) in [4.78, 5) is 15.8. The molecule has 4 nitrogen and oxygen atoms in total. The third-order valence-electron chi connectivity index (χ3n) is 4.27. The number of hydrogen-bond acceptors (Lipinski definition) is 4. The first kappa shape index (κ1) is 15.9. The van der Waals surface area contributed by atoms with Crippen molar-refractivity contribution in [2.24, 2.45) is 0 Å². The maximum absolute atomic E-state index is 12.7. The Bertz CT molecular complexity index is 669. The summed E-state index contributed by atoms with van der Waals surface area (Å²) in [7, 11) is 3.26. The molecule has 2 aromatic rings. The molecule has 1 amide bonds. The van der Waals surface area contributed by atoms with E-state index in [2.05, 4.69) is 0 Å². The second kappa shape index (κ2) is 7.04. The predicted molar refractivity (Wildman–Crippen MR) is 91.3 cm³/mol. The van der Waals surface area contributed by atoms with Crippen LogP contribution in [0.15, 0.2) is 35.7 Å². The summed E-state index contributed by atoms with van der Waals surface area (Å²) in [6, 6.07) is 10.1. The van der Waals surface area contributed by atoms with Crippen LogP contribution < -0.4 is 9.47 Å². The van der Waals surface area contributed by atoms with Gasteiger partial charge >= 0.3 is 0 Å². The topological polar surface area (TPSA) is 38.8 Å². The van der Waals surface area contributed by atoms with Gasteiger partial charge in [-0.25, -0.2) is 0 Å². The number of rotatable bonds is 5. The van der Waals surface area contributed by atoms with Crippen LogP contribution in [0.25, 0.3) is 0 Å². The van der Waals surface area contributed by atoms with Gasteiger partial charge in [0, 0.05) is 11.4 Å². The van der Waals surface area contributed by atoms with E-state index in [1.165, 1.54) is 0 Å². The van der Waals surface area contributed by atoms with Crippen LogP contribution in [0, 0.1) is 0 Å². The van der Waals surface area contributed by atoms with Crippen LogP contribution in [0.1, 0.15) is 29.3 Å². The molecule has 1 saturated heterocycles. The molecule has 3 rings (SSSR count). The zero-order valence-electron chi connectivity index (χ0n) is 13.5. The summed E-state index contributed by atoms with van der Waals surface area (Å²) in [6.45, 7) is 0.823. The Kier molecular flexibility index (Phi) is 4.86. The van der Waals surface area contributed by atoms with Crippen molar-refractivity contribution < 1.29 is 14.3 Å². The minimum Gasteiger partial charge on any atom is -0.493 e. The summed E-state index contributed by atoms with van der Waals surface area (Å²) < 4.78 is 10.7. The highest BCUT2D eigenvalue weighted by molar-refractivity contribution is 7.10. The maximum Gasteiger partial charge on any atom is 0.228 e. The Morgan fingerprint density at radius 2 is 2.09 bits per heavy atom. The summed E-state index contributed by atoms with van der Waals surface area (Å²) in [5.74, 6) is 1.62. The van der Waals surface area contributed by atoms with E-state index < -0.39 is 0 Å². The highest BCUT2D eigenvalue weighted by Crippen LogP contribution is 2.37. The molecule has 122 valence electrons. The van der Waals surface area contributed by atoms with Gasteiger partial charge in [0.15, 0.2) is 11.5 Å². The Labute approximate surface area is 140 Å². The van der Waals surface area contributed by atoms with E-state index in [-0.39, 0.29) is 11.9 Å². The Balaban J connectivity index is 1.79. The lowest BCUT2D eigenvalue weighted by molar-refractivity contribution is -0.131. The van der Waals surface area contributed by atoms with Gasteiger partial charge in [0.25, 0.3) is 0 Å². The van der Waals surface area contributed by atoms with Crippen molar-refractivity contribution in [2.45, 2.75) is 25.3 Å². The Hall–Kier alpha value is -2.01. The van der Waals surface area contributed by atoms with Crippen molar-refractivity contribution in [1.29, 1.82) is 0 Å². The van der Waals surface area contributed by atoms with Gasteiger partial charge in [0.1, 0.15) is 0 Å². The van der Waals surface area contributed by atoms with Crippen LogP contribution >= 0.6 is 11.3 Å². The minimum absolute atomic E-state index is 0.127. The minimum atomic E-state index is 0.127. The molecule has 0 saturated carbocycles. The number of benzene rings is 1. The smallest absolute Gasteiger partial charge is 0.228 e. The van der Waals surface area contributed by atoms with E-state index in [1.54, 1.807) is 25.6 Å². The second-order valence-electron chi connectivity index (χ2n) is 5.62. The zero-order valence-corrected chi connectivity index (χ0v) is 14.3. The van der Waals surface area contributed by atoms with Gasteiger partial charge in [-0.15, -0.1) is 11.3 Å². The number of carbonyl (C=O) groups is 1. The van der Waals surface area contributed by atoms with Crippen molar-refractivity contribution >= 4 is 17.2 Å². The molecule has 1 aromatic heterocycles. The molecule has 0 aliphatic carbocycles. The fourth-order valence-electron chi connectivity index (χ4n) is 3.14. The fourth-order valence-corrected chi connectivity index (χ4v) is 3.83. The van der Waals surface area contributed by atoms with E-state index in [9.17, 15) is 4.79 Å². The van der Waals surface area contributed by atoms with Crippen LogP contribution in [-0.2, 0) is 11.2 Å². The van der Waals surface area contributed by atoms with Crippen LogP contribution in [-0.4, -0.2) is 31.6 Å². The van der Waals surface area contributed by atoms with Crippen molar-refractivity contribution in [2.75, 3.05) is 20.8 Å².